The van der Waals surface area contributed by atoms with E-state index in [0.717, 1.165) is 5.75 Å². The molecule has 1 nitrogen and oxygen atoms in total. The van der Waals surface area contributed by atoms with Crippen LogP contribution in [0.1, 0.15) is 6.92 Å². The fourth-order valence-corrected chi connectivity index (χ4v) is 3.23. The smallest absolute Gasteiger partial charge is 0.119 e. The summed E-state index contributed by atoms with van der Waals surface area (Å²) >= 11 is 0. The van der Waals surface area contributed by atoms with Gasteiger partial charge in [0.2, 0.25) is 0 Å². The van der Waals surface area contributed by atoms with Gasteiger partial charge < -0.3 is 4.74 Å². The molecule has 0 saturated heterocycles. The lowest BCUT2D eigenvalue weighted by Gasteiger charge is -2.13. The lowest BCUT2D eigenvalue weighted by atomic mass is 9.92. The number of ether oxygens (including phenoxy) is 1. The van der Waals surface area contributed by atoms with Crippen LogP contribution >= 0.6 is 0 Å². The average Bonchev–Trinajstić information content (AvgIpc) is 2.60. The maximum Gasteiger partial charge on any atom is 0.119 e. The van der Waals surface area contributed by atoms with E-state index in [1.807, 2.05) is 13.0 Å². The van der Waals surface area contributed by atoms with Crippen molar-refractivity contribution >= 4 is 21.5 Å². The van der Waals surface area contributed by atoms with Crippen molar-refractivity contribution in [2.45, 2.75) is 6.92 Å². The summed E-state index contributed by atoms with van der Waals surface area (Å²) in [6.07, 6.45) is 0. The van der Waals surface area contributed by atoms with Gasteiger partial charge in [-0.15, -0.1) is 0 Å². The third kappa shape index (κ3) is 2.44. The summed E-state index contributed by atoms with van der Waals surface area (Å²) in [5.74, 6) is 0.919. The van der Waals surface area contributed by atoms with Crippen LogP contribution in [0.15, 0.2) is 78.9 Å². The fraction of sp³-hybridized carbons (Fsp3) is 0.0909. The summed E-state index contributed by atoms with van der Waals surface area (Å²) < 4.78 is 5.69. The largest absolute Gasteiger partial charge is 0.494 e. The minimum Gasteiger partial charge on any atom is -0.494 e. The topological polar surface area (TPSA) is 9.23 Å². The molecule has 0 aromatic heterocycles. The monoisotopic (exact) mass is 298 g/mol. The molecule has 0 N–H and O–H groups in total. The van der Waals surface area contributed by atoms with Crippen LogP contribution in [-0.2, 0) is 0 Å². The number of benzene rings is 4. The zero-order valence-corrected chi connectivity index (χ0v) is 13.1. The van der Waals surface area contributed by atoms with Gasteiger partial charge in [-0.05, 0) is 57.8 Å². The van der Waals surface area contributed by atoms with Crippen molar-refractivity contribution in [1.29, 1.82) is 0 Å². The van der Waals surface area contributed by atoms with E-state index in [-0.39, 0.29) is 0 Å². The van der Waals surface area contributed by atoms with Crippen LogP contribution in [0.4, 0.5) is 0 Å². The van der Waals surface area contributed by atoms with Gasteiger partial charge in [-0.25, -0.2) is 0 Å². The Morgan fingerprint density at radius 1 is 0.696 bits per heavy atom. The minimum atomic E-state index is 0.680. The highest BCUT2D eigenvalue weighted by Crippen LogP contribution is 2.37. The van der Waals surface area contributed by atoms with Gasteiger partial charge >= 0.3 is 0 Å². The molecule has 0 saturated carbocycles. The summed E-state index contributed by atoms with van der Waals surface area (Å²) in [5.41, 5.74) is 2.48. The molecule has 1 heteroatoms. The lowest BCUT2D eigenvalue weighted by molar-refractivity contribution is 0.340. The quantitative estimate of drug-likeness (QED) is 0.418. The van der Waals surface area contributed by atoms with E-state index < -0.39 is 0 Å². The molecule has 0 aliphatic carbocycles. The van der Waals surface area contributed by atoms with Crippen molar-refractivity contribution in [1.82, 2.24) is 0 Å². The number of rotatable bonds is 3. The Labute approximate surface area is 136 Å². The van der Waals surface area contributed by atoms with E-state index in [9.17, 15) is 0 Å². The molecule has 0 fully saturated rings. The van der Waals surface area contributed by atoms with E-state index in [0.29, 0.717) is 6.61 Å². The van der Waals surface area contributed by atoms with E-state index in [4.69, 9.17) is 4.74 Å². The maximum absolute atomic E-state index is 5.69. The standard InChI is InChI=1S/C22H18O/c1-2-23-19-11-7-10-18(15-19)22-20-12-5-3-8-16(20)14-17-9-4-6-13-21(17)22/h3-15H,2H2,1H3. The molecule has 0 unspecified atom stereocenters. The van der Waals surface area contributed by atoms with Crippen molar-refractivity contribution in [2.24, 2.45) is 0 Å². The van der Waals surface area contributed by atoms with E-state index >= 15 is 0 Å². The number of hydrogen-bond donors (Lipinski definition) is 0. The zero-order chi connectivity index (χ0) is 15.6. The van der Waals surface area contributed by atoms with Crippen LogP contribution in [0.25, 0.3) is 32.7 Å². The normalized spacial score (nSPS) is 11.0. The molecule has 0 bridgehead atoms. The van der Waals surface area contributed by atoms with Crippen molar-refractivity contribution < 1.29 is 4.74 Å². The second kappa shape index (κ2) is 5.77. The highest BCUT2D eigenvalue weighted by molar-refractivity contribution is 6.12. The summed E-state index contributed by atoms with van der Waals surface area (Å²) in [7, 11) is 0. The number of hydrogen-bond acceptors (Lipinski definition) is 1. The second-order valence-corrected chi connectivity index (χ2v) is 5.65. The Balaban J connectivity index is 2.08. The maximum atomic E-state index is 5.69. The SMILES string of the molecule is CCOc1cccc(-c2c3ccccc3cc3ccccc23)c1. The minimum absolute atomic E-state index is 0.680. The highest BCUT2D eigenvalue weighted by Gasteiger charge is 2.10. The van der Waals surface area contributed by atoms with Crippen LogP contribution in [0.3, 0.4) is 0 Å². The first kappa shape index (κ1) is 13.8. The van der Waals surface area contributed by atoms with E-state index in [1.54, 1.807) is 0 Å². The molecular formula is C22H18O. The highest BCUT2D eigenvalue weighted by atomic mass is 16.5. The Hall–Kier alpha value is -2.80. The predicted molar refractivity (Wildman–Crippen MR) is 98.1 cm³/mol. The molecule has 0 amide bonds. The first-order chi connectivity index (χ1) is 11.4. The molecule has 112 valence electrons. The van der Waals surface area contributed by atoms with E-state index in [2.05, 4.69) is 72.8 Å². The Bertz CT molecular complexity index is 931. The van der Waals surface area contributed by atoms with Crippen LogP contribution < -0.4 is 4.74 Å². The van der Waals surface area contributed by atoms with Crippen LogP contribution in [0, 0.1) is 0 Å². The van der Waals surface area contributed by atoms with Crippen LogP contribution in [-0.4, -0.2) is 6.61 Å². The summed E-state index contributed by atoms with van der Waals surface area (Å²) in [6.45, 7) is 2.69. The predicted octanol–water partition coefficient (Wildman–Crippen LogP) is 6.06. The Morgan fingerprint density at radius 3 is 2.00 bits per heavy atom. The van der Waals surface area contributed by atoms with Crippen LogP contribution in [0.5, 0.6) is 5.75 Å². The van der Waals surface area contributed by atoms with Gasteiger partial charge in [-0.3, -0.25) is 0 Å². The molecule has 0 spiro atoms. The van der Waals surface area contributed by atoms with Gasteiger partial charge in [-0.1, -0.05) is 60.7 Å². The summed E-state index contributed by atoms with van der Waals surface area (Å²) in [6, 6.07) is 27.8. The Morgan fingerprint density at radius 2 is 1.35 bits per heavy atom. The second-order valence-electron chi connectivity index (χ2n) is 5.65. The van der Waals surface area contributed by atoms with Gasteiger partial charge in [0.25, 0.3) is 0 Å². The number of fused-ring (bicyclic) bond motifs is 2. The first-order valence-electron chi connectivity index (χ1n) is 8.00. The lowest BCUT2D eigenvalue weighted by Crippen LogP contribution is -1.92. The Kier molecular flexibility index (Phi) is 3.47. The zero-order valence-electron chi connectivity index (χ0n) is 13.1. The van der Waals surface area contributed by atoms with Gasteiger partial charge in [0.05, 0.1) is 6.61 Å². The molecule has 4 aromatic carbocycles. The van der Waals surface area contributed by atoms with Crippen molar-refractivity contribution in [3.8, 4) is 16.9 Å². The molecular weight excluding hydrogens is 280 g/mol. The average molecular weight is 298 g/mol. The molecule has 4 aromatic rings. The van der Waals surface area contributed by atoms with E-state index in [1.165, 1.54) is 32.7 Å². The van der Waals surface area contributed by atoms with Gasteiger partial charge in [0.1, 0.15) is 5.75 Å². The van der Waals surface area contributed by atoms with Gasteiger partial charge in [0.15, 0.2) is 0 Å². The molecule has 0 aliphatic heterocycles. The molecule has 0 radical (unpaired) electrons. The molecule has 0 aliphatic rings. The molecule has 4 rings (SSSR count). The molecule has 0 atom stereocenters. The van der Waals surface area contributed by atoms with Gasteiger partial charge in [0, 0.05) is 0 Å². The summed E-state index contributed by atoms with van der Waals surface area (Å²) in [5, 5.41) is 5.09. The molecule has 0 heterocycles. The summed E-state index contributed by atoms with van der Waals surface area (Å²) in [4.78, 5) is 0. The van der Waals surface area contributed by atoms with Crippen molar-refractivity contribution in [3.05, 3.63) is 78.9 Å². The molecule has 23 heavy (non-hydrogen) atoms. The third-order valence-corrected chi connectivity index (χ3v) is 4.20. The van der Waals surface area contributed by atoms with Gasteiger partial charge in [-0.2, -0.15) is 0 Å². The van der Waals surface area contributed by atoms with Crippen LogP contribution in [0.2, 0.25) is 0 Å². The van der Waals surface area contributed by atoms with Crippen molar-refractivity contribution in [2.75, 3.05) is 6.61 Å². The van der Waals surface area contributed by atoms with Crippen molar-refractivity contribution in [3.63, 3.8) is 0 Å². The first-order valence-corrected chi connectivity index (χ1v) is 8.00. The fourth-order valence-electron chi connectivity index (χ4n) is 3.23. The third-order valence-electron chi connectivity index (χ3n) is 4.20.